The smallest absolute Gasteiger partial charge is 0.233 e. The van der Waals surface area contributed by atoms with Crippen molar-refractivity contribution in [2.24, 2.45) is 0 Å². The van der Waals surface area contributed by atoms with E-state index in [1.165, 1.54) is 54.5 Å². The number of hydrogen-bond acceptors (Lipinski definition) is 27. The molecule has 8 unspecified atom stereocenters. The molecule has 0 saturated carbocycles. The zero-order chi connectivity index (χ0) is 80.7. The van der Waals surface area contributed by atoms with Gasteiger partial charge >= 0.3 is 0 Å². The Morgan fingerprint density at radius 1 is 0.348 bits per heavy atom. The minimum Gasteiger partial charge on any atom is -0.391 e. The summed E-state index contributed by atoms with van der Waals surface area (Å²) in [6.45, 7) is 8.38. The van der Waals surface area contributed by atoms with Gasteiger partial charge in [0.25, 0.3) is 0 Å². The number of benzene rings is 4. The molecule has 12 aromatic rings. The number of alkyl halides is 1. The van der Waals surface area contributed by atoms with Crippen LogP contribution in [0.5, 0.6) is 0 Å². The second-order valence-electron chi connectivity index (χ2n) is 26.5. The summed E-state index contributed by atoms with van der Waals surface area (Å²) in [7, 11) is 0. The molecule has 0 aliphatic carbocycles. The minimum absolute atomic E-state index is 0.0148. The Morgan fingerprint density at radius 3 is 1.03 bits per heavy atom. The lowest BCUT2D eigenvalue weighted by atomic mass is 10.0. The van der Waals surface area contributed by atoms with E-state index in [0.29, 0.717) is 48.1 Å². The van der Waals surface area contributed by atoms with Crippen molar-refractivity contribution < 1.29 is 50.4 Å². The number of aromatic nitrogens is 20. The topological polar surface area (TPSA) is 391 Å². The van der Waals surface area contributed by atoms with Crippen LogP contribution in [0.2, 0.25) is 0 Å². The van der Waals surface area contributed by atoms with Gasteiger partial charge in [0.15, 0.2) is 23.3 Å². The number of hydrogen-bond donors (Lipinski definition) is 11. The monoisotopic (exact) mass is 1580 g/mol. The zero-order valence-corrected chi connectivity index (χ0v) is 61.8. The van der Waals surface area contributed by atoms with E-state index in [-0.39, 0.29) is 103 Å². The molecule has 0 bridgehead atoms. The van der Waals surface area contributed by atoms with Gasteiger partial charge in [-0.25, -0.2) is 75.0 Å². The number of nitrogens with one attached hydrogen (secondary N) is 8. The average molecular weight is 1580 g/mol. The lowest BCUT2D eigenvalue weighted by Gasteiger charge is -2.25. The van der Waals surface area contributed by atoms with E-state index in [1.54, 1.807) is 40.1 Å². The summed E-state index contributed by atoms with van der Waals surface area (Å²) in [5, 5.41) is 70.4. The van der Waals surface area contributed by atoms with Gasteiger partial charge in [-0.15, -0.1) is 0 Å². The van der Waals surface area contributed by atoms with E-state index in [9.17, 15) is 50.4 Å². The summed E-state index contributed by atoms with van der Waals surface area (Å²) in [6, 6.07) is 21.3. The molecule has 594 valence electrons. The van der Waals surface area contributed by atoms with Crippen molar-refractivity contribution in [3.8, 4) is 0 Å². The maximum atomic E-state index is 14.3. The van der Waals surface area contributed by atoms with Crippen LogP contribution < -0.4 is 40.9 Å². The molecule has 8 atom stereocenters. The molecule has 31 nitrogen and oxygen atoms in total. The highest BCUT2D eigenvalue weighted by molar-refractivity contribution is 5.60. The van der Waals surface area contributed by atoms with Crippen LogP contribution in [0.3, 0.4) is 0 Å². The van der Waals surface area contributed by atoms with Crippen molar-refractivity contribution in [3.05, 3.63) is 238 Å². The molecule has 115 heavy (non-hydrogen) atoms. The second kappa shape index (κ2) is 36.7. The third kappa shape index (κ3) is 20.2. The first kappa shape index (κ1) is 79.5. The number of rotatable bonds is 20. The molecule has 8 aromatic heterocycles. The fourth-order valence-corrected chi connectivity index (χ4v) is 13.4. The number of aliphatic hydroxyl groups is 3. The first-order chi connectivity index (χ1) is 55.7. The van der Waals surface area contributed by atoms with Crippen molar-refractivity contribution in [1.29, 1.82) is 0 Å². The van der Waals surface area contributed by atoms with Gasteiger partial charge in [-0.05, 0) is 131 Å². The van der Waals surface area contributed by atoms with E-state index in [4.69, 9.17) is 0 Å². The van der Waals surface area contributed by atoms with Crippen molar-refractivity contribution in [1.82, 2.24) is 101 Å². The molecule has 0 amide bonds. The van der Waals surface area contributed by atoms with Gasteiger partial charge in [-0.3, -0.25) is 20.4 Å². The Morgan fingerprint density at radius 2 is 0.661 bits per heavy atom. The molecule has 39 heteroatoms. The van der Waals surface area contributed by atoms with Gasteiger partial charge in [-0.1, -0.05) is 42.5 Å². The third-order valence-electron chi connectivity index (χ3n) is 18.3. The standard InChI is InChI=1S/C19H18F3N7.2C19H19F2N7O.C19H20FN7O/c1-2-3-13-8-17(28-27-13)25-18-23-10-24-19(26-18)29-9-12(21)7-16(29)14-6-11(20)4-5-15(14)22;1-2-3-12-7-17(27-26-12)24-18-22-10-23-19(25-18)28-9-13(29)8-16(28)14-6-11(20)4-5-15(14)21;1-2-3-12-7-17(27-26-12)24-18-22-10-23-19(25-18)28-9-13(29)8-16(28)14-5-4-11(20)6-15(14)21;1-2-3-14-8-17(26-25-14)23-18-21-11-22-19(24-18)27-10-15(28)9-16(27)12-4-6-13(20)7-5-12/h2-6,8,10,12,16H,7,9H2,1H3,(H2,23,24,25,26,27,28);2*2-7,10,13,16,29H,8-9H2,1H3,(H2,22,23,24,25,26,27);2-8,11,15-16,28H,9-10H2,1H3,(H2,21,22,23,24,25,26)/b4*3-2+. The molecule has 0 spiro atoms. The summed E-state index contributed by atoms with van der Waals surface area (Å²) < 4.78 is 111. The van der Waals surface area contributed by atoms with Crippen LogP contribution in [-0.2, 0) is 0 Å². The minimum atomic E-state index is -1.22. The summed E-state index contributed by atoms with van der Waals surface area (Å²) in [5.74, 6) is 0.406. The number of H-pyrrole nitrogens is 4. The Bertz CT molecular complexity index is 5230. The highest BCUT2D eigenvalue weighted by Crippen LogP contribution is 2.41. The molecule has 4 aliphatic heterocycles. The molecule has 11 N–H and O–H groups in total. The molecular formula is C76H76F8N28O3. The van der Waals surface area contributed by atoms with Crippen molar-refractivity contribution >= 4 is 95.2 Å². The predicted octanol–water partition coefficient (Wildman–Crippen LogP) is 12.7. The molecular weight excluding hydrogens is 1510 g/mol. The molecule has 4 fully saturated rings. The van der Waals surface area contributed by atoms with Crippen molar-refractivity contribution in [2.75, 3.05) is 67.0 Å². The van der Waals surface area contributed by atoms with Crippen LogP contribution >= 0.6 is 0 Å². The number of aromatic amines is 4. The van der Waals surface area contributed by atoms with Gasteiger partial charge < -0.3 is 56.2 Å². The van der Waals surface area contributed by atoms with E-state index in [1.807, 2.05) is 87.3 Å². The molecule has 4 saturated heterocycles. The maximum Gasteiger partial charge on any atom is 0.233 e. The number of halogens is 8. The highest BCUT2D eigenvalue weighted by atomic mass is 19.2. The highest BCUT2D eigenvalue weighted by Gasteiger charge is 2.40. The quantitative estimate of drug-likeness (QED) is 0.0316. The first-order valence-electron chi connectivity index (χ1n) is 36.1. The Balaban J connectivity index is 0.000000134. The van der Waals surface area contributed by atoms with E-state index >= 15 is 0 Å². The molecule has 4 aliphatic rings. The summed E-state index contributed by atoms with van der Waals surface area (Å²) >= 11 is 0. The molecule has 16 rings (SSSR count). The fraction of sp³-hybridized carbons (Fsp3) is 0.263. The second-order valence-corrected chi connectivity index (χ2v) is 26.5. The lowest BCUT2D eigenvalue weighted by Crippen LogP contribution is -2.27. The first-order valence-corrected chi connectivity index (χ1v) is 36.1. The largest absolute Gasteiger partial charge is 0.391 e. The van der Waals surface area contributed by atoms with Gasteiger partial charge in [0.1, 0.15) is 72.2 Å². The summed E-state index contributed by atoms with van der Waals surface area (Å²) in [5.41, 5.74) is 4.69. The molecule has 0 radical (unpaired) electrons. The van der Waals surface area contributed by atoms with E-state index in [0.717, 1.165) is 70.8 Å². The van der Waals surface area contributed by atoms with Crippen LogP contribution in [0.15, 0.2) is 153 Å². The SMILES string of the molecule is C/C=C/c1cc(Nc2ncnc(N3CC(F)CC3c3cc(F)ccc3F)n2)n[nH]1.C/C=C/c1cc(Nc2ncnc(N3CC(O)CC3c3cc(F)ccc3F)n2)n[nH]1.C/C=C/c1cc(Nc2ncnc(N3CC(O)CC3c3ccc(F)cc3)n2)n[nH]1.C/C=C/c1cc(Nc2ncnc(N3CC(O)CC3c3ccc(F)cc3F)n2)n[nH]1. The number of allylic oxidation sites excluding steroid dienone is 4. The van der Waals surface area contributed by atoms with Crippen LogP contribution in [0.25, 0.3) is 24.3 Å². The van der Waals surface area contributed by atoms with Gasteiger partial charge in [0.05, 0.1) is 71.8 Å². The number of anilines is 12. The van der Waals surface area contributed by atoms with Crippen molar-refractivity contribution in [3.63, 3.8) is 0 Å². The molecule has 12 heterocycles. The van der Waals surface area contributed by atoms with Crippen molar-refractivity contribution in [2.45, 2.75) is 102 Å². The van der Waals surface area contributed by atoms with E-state index < -0.39 is 77.5 Å². The fourth-order valence-electron chi connectivity index (χ4n) is 13.4. The third-order valence-corrected chi connectivity index (χ3v) is 18.3. The van der Waals surface area contributed by atoms with Gasteiger partial charge in [-0.2, -0.15) is 40.3 Å². The number of aliphatic hydroxyl groups excluding tert-OH is 3. The lowest BCUT2D eigenvalue weighted by molar-refractivity contribution is 0.193. The Kier molecular flexibility index (Phi) is 25.4. The van der Waals surface area contributed by atoms with Crippen LogP contribution in [0, 0.1) is 40.7 Å². The van der Waals surface area contributed by atoms with E-state index in [2.05, 4.69) is 122 Å². The zero-order valence-electron chi connectivity index (χ0n) is 61.8. The Hall–Kier alpha value is -13.6. The number of β-amino-alcohol motifs (C(OH)–C–C–N with tert-alkyl or cyclic N) is 3. The maximum absolute atomic E-state index is 14.3. The average Bonchev–Trinajstić information content (AvgIpc) is 1.68. The van der Waals surface area contributed by atoms with Crippen LogP contribution in [0.1, 0.15) is 123 Å². The summed E-state index contributed by atoms with van der Waals surface area (Å²) in [4.78, 5) is 57.3. The van der Waals surface area contributed by atoms with Crippen LogP contribution in [-0.4, -0.2) is 167 Å². The predicted molar refractivity (Wildman–Crippen MR) is 413 cm³/mol. The normalized spacial score (nSPS) is 19.3. The van der Waals surface area contributed by atoms with Gasteiger partial charge in [0.2, 0.25) is 47.6 Å². The Labute approximate surface area is 651 Å². The van der Waals surface area contributed by atoms with Gasteiger partial charge in [0, 0.05) is 73.1 Å². The summed E-state index contributed by atoms with van der Waals surface area (Å²) in [6.07, 6.45) is 18.2. The molecule has 4 aromatic carbocycles. The number of nitrogens with zero attached hydrogens (tertiary/aromatic N) is 20. The van der Waals surface area contributed by atoms with Crippen LogP contribution in [0.4, 0.5) is 106 Å².